The van der Waals surface area contributed by atoms with E-state index in [-0.39, 0.29) is 17.2 Å². The maximum atomic E-state index is 12.2. The van der Waals surface area contributed by atoms with Crippen LogP contribution < -0.4 is 5.32 Å². The lowest BCUT2D eigenvalue weighted by Crippen LogP contribution is -2.13. The van der Waals surface area contributed by atoms with E-state index in [1.165, 1.54) is 12.1 Å². The lowest BCUT2D eigenvalue weighted by Gasteiger charge is -2.08. The maximum absolute atomic E-state index is 12.2. The van der Waals surface area contributed by atoms with Crippen molar-refractivity contribution in [1.29, 1.82) is 0 Å². The molecule has 2 N–H and O–H groups in total. The highest BCUT2D eigenvalue weighted by molar-refractivity contribution is 6.04. The first-order valence-electron chi connectivity index (χ1n) is 6.67. The highest BCUT2D eigenvalue weighted by Gasteiger charge is 2.17. The van der Waals surface area contributed by atoms with Gasteiger partial charge in [-0.05, 0) is 37.6 Å². The average molecular weight is 287 g/mol. The van der Waals surface area contributed by atoms with E-state index in [1.807, 2.05) is 13.0 Å². The van der Waals surface area contributed by atoms with Crippen molar-refractivity contribution in [3.8, 4) is 0 Å². The van der Waals surface area contributed by atoms with Crippen molar-refractivity contribution in [2.24, 2.45) is 0 Å². The third-order valence-electron chi connectivity index (χ3n) is 3.26. The van der Waals surface area contributed by atoms with Crippen molar-refractivity contribution in [1.82, 2.24) is 0 Å². The minimum atomic E-state index is -1.03. The summed E-state index contributed by atoms with van der Waals surface area (Å²) < 4.78 is 5.49. The number of rotatable bonds is 4. The van der Waals surface area contributed by atoms with Gasteiger partial charge in [0.2, 0.25) is 0 Å². The molecule has 21 heavy (non-hydrogen) atoms. The van der Waals surface area contributed by atoms with E-state index in [1.54, 1.807) is 19.9 Å². The van der Waals surface area contributed by atoms with Crippen molar-refractivity contribution >= 4 is 17.6 Å². The predicted octanol–water partition coefficient (Wildman–Crippen LogP) is 3.41. The molecule has 110 valence electrons. The number of carboxylic acids is 1. The second kappa shape index (κ2) is 5.83. The Morgan fingerprint density at radius 3 is 2.48 bits per heavy atom. The molecule has 0 saturated carbocycles. The molecule has 2 rings (SSSR count). The smallest absolute Gasteiger partial charge is 0.335 e. The summed E-state index contributed by atoms with van der Waals surface area (Å²) >= 11 is 0. The zero-order valence-corrected chi connectivity index (χ0v) is 12.2. The van der Waals surface area contributed by atoms with Crippen LogP contribution in [0, 0.1) is 13.8 Å². The lowest BCUT2D eigenvalue weighted by molar-refractivity contribution is 0.0696. The molecule has 0 bridgehead atoms. The molecule has 0 aliphatic heterocycles. The zero-order chi connectivity index (χ0) is 15.6. The fraction of sp³-hybridized carbons (Fsp3) is 0.250. The van der Waals surface area contributed by atoms with Crippen LogP contribution in [0.2, 0.25) is 0 Å². The molecule has 0 atom stereocenters. The minimum absolute atomic E-state index is 0.126. The fourth-order valence-corrected chi connectivity index (χ4v) is 2.02. The van der Waals surface area contributed by atoms with Gasteiger partial charge in [0, 0.05) is 17.7 Å². The summed E-state index contributed by atoms with van der Waals surface area (Å²) in [5.74, 6) is -0.411. The number of hydrogen-bond donors (Lipinski definition) is 2. The van der Waals surface area contributed by atoms with E-state index >= 15 is 0 Å². The van der Waals surface area contributed by atoms with Crippen molar-refractivity contribution in [3.05, 3.63) is 52.5 Å². The number of carbonyl (C=O) groups is 2. The Labute approximate surface area is 122 Å². The van der Waals surface area contributed by atoms with Gasteiger partial charge in [-0.1, -0.05) is 13.0 Å². The molecule has 0 saturated heterocycles. The summed E-state index contributed by atoms with van der Waals surface area (Å²) in [6.45, 7) is 5.55. The second-order valence-electron chi connectivity index (χ2n) is 4.87. The monoisotopic (exact) mass is 287 g/mol. The van der Waals surface area contributed by atoms with E-state index in [0.717, 1.165) is 16.9 Å². The van der Waals surface area contributed by atoms with Gasteiger partial charge in [0.1, 0.15) is 5.76 Å². The van der Waals surface area contributed by atoms with Gasteiger partial charge in [0.25, 0.3) is 5.91 Å². The molecule has 0 unspecified atom stereocenters. The molecular formula is C16H17NO4. The number of furan rings is 1. The predicted molar refractivity (Wildman–Crippen MR) is 78.9 cm³/mol. The Kier molecular flexibility index (Phi) is 4.12. The first-order chi connectivity index (χ1) is 9.92. The Balaban J connectivity index is 2.28. The summed E-state index contributed by atoms with van der Waals surface area (Å²) in [6.07, 6.45) is 0.710. The third-order valence-corrected chi connectivity index (χ3v) is 3.26. The molecule has 2 aromatic rings. The van der Waals surface area contributed by atoms with Crippen LogP contribution in [0.15, 0.2) is 28.7 Å². The molecule has 0 fully saturated rings. The number of carbonyl (C=O) groups excluding carboxylic acids is 1. The van der Waals surface area contributed by atoms with Gasteiger partial charge in [-0.25, -0.2) is 4.79 Å². The SMILES string of the molecule is CCc1cc(C)c(C(=O)Nc2cc(C(=O)O)ccc2C)o1. The van der Waals surface area contributed by atoms with Crippen LogP contribution in [-0.4, -0.2) is 17.0 Å². The van der Waals surface area contributed by atoms with E-state index in [2.05, 4.69) is 5.32 Å². The summed E-state index contributed by atoms with van der Waals surface area (Å²) in [6, 6.07) is 6.43. The number of nitrogens with one attached hydrogen (secondary N) is 1. The third kappa shape index (κ3) is 3.13. The Bertz CT molecular complexity index is 700. The maximum Gasteiger partial charge on any atom is 0.335 e. The van der Waals surface area contributed by atoms with Crippen LogP contribution >= 0.6 is 0 Å². The van der Waals surface area contributed by atoms with Crippen LogP contribution in [0.1, 0.15) is 44.7 Å². The van der Waals surface area contributed by atoms with Gasteiger partial charge < -0.3 is 14.8 Å². The number of amides is 1. The van der Waals surface area contributed by atoms with E-state index in [9.17, 15) is 9.59 Å². The summed E-state index contributed by atoms with van der Waals surface area (Å²) in [7, 11) is 0. The topological polar surface area (TPSA) is 79.5 Å². The van der Waals surface area contributed by atoms with Gasteiger partial charge in [0.15, 0.2) is 5.76 Å². The van der Waals surface area contributed by atoms with Crippen molar-refractivity contribution in [2.45, 2.75) is 27.2 Å². The van der Waals surface area contributed by atoms with Gasteiger partial charge in [-0.15, -0.1) is 0 Å². The molecule has 0 spiro atoms. The second-order valence-corrected chi connectivity index (χ2v) is 4.87. The van der Waals surface area contributed by atoms with E-state index < -0.39 is 5.97 Å². The molecule has 1 aromatic carbocycles. The molecule has 1 heterocycles. The van der Waals surface area contributed by atoms with Gasteiger partial charge in [0.05, 0.1) is 5.56 Å². The zero-order valence-electron chi connectivity index (χ0n) is 12.2. The molecule has 0 aliphatic carbocycles. The first-order valence-corrected chi connectivity index (χ1v) is 6.67. The summed E-state index contributed by atoms with van der Waals surface area (Å²) in [5, 5.41) is 11.7. The Morgan fingerprint density at radius 1 is 1.19 bits per heavy atom. The van der Waals surface area contributed by atoms with E-state index in [4.69, 9.17) is 9.52 Å². The quantitative estimate of drug-likeness (QED) is 0.903. The minimum Gasteiger partial charge on any atom is -0.478 e. The highest BCUT2D eigenvalue weighted by atomic mass is 16.4. The Hall–Kier alpha value is -2.56. The van der Waals surface area contributed by atoms with Gasteiger partial charge >= 0.3 is 5.97 Å². The number of aromatic carboxylic acids is 1. The molecular weight excluding hydrogens is 270 g/mol. The van der Waals surface area contributed by atoms with Gasteiger partial charge in [-0.2, -0.15) is 0 Å². The van der Waals surface area contributed by atoms with Crippen LogP contribution in [0.5, 0.6) is 0 Å². The van der Waals surface area contributed by atoms with Crippen LogP contribution in [0.4, 0.5) is 5.69 Å². The molecule has 0 radical (unpaired) electrons. The molecule has 5 heteroatoms. The number of aryl methyl sites for hydroxylation is 3. The first kappa shape index (κ1) is 14.8. The average Bonchev–Trinajstić information content (AvgIpc) is 2.82. The van der Waals surface area contributed by atoms with Crippen molar-refractivity contribution in [3.63, 3.8) is 0 Å². The molecule has 1 amide bonds. The number of anilines is 1. The molecule has 5 nitrogen and oxygen atoms in total. The van der Waals surface area contributed by atoms with Crippen molar-refractivity contribution in [2.75, 3.05) is 5.32 Å². The van der Waals surface area contributed by atoms with Gasteiger partial charge in [-0.3, -0.25) is 4.79 Å². The molecule has 0 aliphatic rings. The lowest BCUT2D eigenvalue weighted by atomic mass is 10.1. The highest BCUT2D eigenvalue weighted by Crippen LogP contribution is 2.20. The van der Waals surface area contributed by atoms with Crippen LogP contribution in [0.3, 0.4) is 0 Å². The standard InChI is InChI=1S/C16H17NO4/c1-4-12-7-10(3)14(21-12)15(18)17-13-8-11(16(19)20)6-5-9(13)2/h5-8H,4H2,1-3H3,(H,17,18)(H,19,20). The normalized spacial score (nSPS) is 10.4. The molecule has 1 aromatic heterocycles. The summed E-state index contributed by atoms with van der Waals surface area (Å²) in [4.78, 5) is 23.2. The number of hydrogen-bond acceptors (Lipinski definition) is 3. The number of carboxylic acid groups (broad SMARTS) is 1. The number of benzene rings is 1. The largest absolute Gasteiger partial charge is 0.478 e. The Morgan fingerprint density at radius 2 is 1.90 bits per heavy atom. The fourth-order valence-electron chi connectivity index (χ4n) is 2.02. The summed E-state index contributed by atoms with van der Waals surface area (Å²) in [5.41, 5.74) is 2.14. The van der Waals surface area contributed by atoms with E-state index in [0.29, 0.717) is 12.1 Å². The van der Waals surface area contributed by atoms with Crippen molar-refractivity contribution < 1.29 is 19.1 Å². The van der Waals surface area contributed by atoms with Crippen LogP contribution in [-0.2, 0) is 6.42 Å². The van der Waals surface area contributed by atoms with Crippen LogP contribution in [0.25, 0.3) is 0 Å².